The van der Waals surface area contributed by atoms with E-state index in [4.69, 9.17) is 0 Å². The molecule has 0 spiro atoms. The molecule has 1 amide bonds. The topological polar surface area (TPSA) is 69.6 Å². The van der Waals surface area contributed by atoms with Crippen LogP contribution >= 0.6 is 0 Å². The summed E-state index contributed by atoms with van der Waals surface area (Å²) in [5, 5.41) is 22.9. The molecule has 0 heterocycles. The van der Waals surface area contributed by atoms with E-state index < -0.39 is 12.1 Å². The van der Waals surface area contributed by atoms with E-state index >= 15 is 0 Å². The molecule has 0 fully saturated rings. The minimum Gasteiger partial charge on any atom is -0.394 e. The molecule has 0 aromatic rings. The van der Waals surface area contributed by atoms with Gasteiger partial charge in [0.25, 0.3) is 0 Å². The van der Waals surface area contributed by atoms with Gasteiger partial charge in [0.2, 0.25) is 5.91 Å². The number of hydrogen-bond donors (Lipinski definition) is 3. The van der Waals surface area contributed by atoms with Gasteiger partial charge in [-0.05, 0) is 19.3 Å². The molecule has 0 saturated heterocycles. The summed E-state index contributed by atoms with van der Waals surface area (Å²) in [4.78, 5) is 12.3. The first-order valence-corrected chi connectivity index (χ1v) is 19.9. The quantitative estimate of drug-likeness (QED) is 0.0481. The van der Waals surface area contributed by atoms with Gasteiger partial charge in [-0.25, -0.2) is 0 Å². The number of aliphatic hydroxyl groups excluding tert-OH is 2. The fourth-order valence-corrected chi connectivity index (χ4v) is 6.18. The predicted octanol–water partition coefficient (Wildman–Crippen LogP) is 11.9. The highest BCUT2D eigenvalue weighted by Gasteiger charge is 2.17. The average molecular weight is 622 g/mol. The van der Waals surface area contributed by atoms with E-state index in [1.807, 2.05) is 6.08 Å². The summed E-state index contributed by atoms with van der Waals surface area (Å²) in [5.41, 5.74) is 0. The zero-order valence-electron chi connectivity index (χ0n) is 29.9. The second kappa shape index (κ2) is 36.6. The number of carbonyl (C=O) groups is 1. The van der Waals surface area contributed by atoms with Crippen molar-refractivity contribution in [2.75, 3.05) is 6.61 Å². The SMILES string of the molecule is CCCCCCCCCCCC=CC(O)C(CO)NC(=O)CCCCCCCCCCCCCCCCCCCCCCC. The van der Waals surface area contributed by atoms with Crippen molar-refractivity contribution in [3.8, 4) is 0 Å². The number of allylic oxidation sites excluding steroid dienone is 1. The molecule has 262 valence electrons. The Morgan fingerprint density at radius 2 is 0.841 bits per heavy atom. The fourth-order valence-electron chi connectivity index (χ4n) is 6.18. The molecule has 0 bridgehead atoms. The number of carbonyl (C=O) groups excluding carboxylic acids is 1. The number of aliphatic hydroxyl groups is 2. The average Bonchev–Trinajstić information content (AvgIpc) is 3.03. The van der Waals surface area contributed by atoms with Gasteiger partial charge in [0.1, 0.15) is 0 Å². The number of unbranched alkanes of at least 4 members (excludes halogenated alkanes) is 29. The second-order valence-corrected chi connectivity index (χ2v) is 13.7. The van der Waals surface area contributed by atoms with Crippen LogP contribution in [0, 0.1) is 0 Å². The van der Waals surface area contributed by atoms with E-state index in [0.29, 0.717) is 6.42 Å². The molecule has 0 aromatic heterocycles. The van der Waals surface area contributed by atoms with Gasteiger partial charge in [-0.2, -0.15) is 0 Å². The third-order valence-corrected chi connectivity index (χ3v) is 9.27. The molecule has 0 aliphatic heterocycles. The highest BCUT2D eigenvalue weighted by Crippen LogP contribution is 2.16. The molecule has 4 heteroatoms. The molecule has 2 atom stereocenters. The Hall–Kier alpha value is -0.870. The van der Waals surface area contributed by atoms with Crippen LogP contribution in [0.4, 0.5) is 0 Å². The van der Waals surface area contributed by atoms with E-state index in [2.05, 4.69) is 19.2 Å². The first-order chi connectivity index (χ1) is 21.7. The van der Waals surface area contributed by atoms with Gasteiger partial charge in [0.05, 0.1) is 18.8 Å². The molecule has 0 aliphatic rings. The van der Waals surface area contributed by atoms with Crippen molar-refractivity contribution in [1.82, 2.24) is 5.32 Å². The van der Waals surface area contributed by atoms with Gasteiger partial charge in [-0.1, -0.05) is 206 Å². The molecule has 0 aliphatic carbocycles. The Morgan fingerprint density at radius 1 is 0.523 bits per heavy atom. The van der Waals surface area contributed by atoms with Crippen molar-refractivity contribution in [3.63, 3.8) is 0 Å². The Balaban J connectivity index is 3.50. The lowest BCUT2D eigenvalue weighted by molar-refractivity contribution is -0.123. The summed E-state index contributed by atoms with van der Waals surface area (Å²) in [6.07, 6.45) is 44.5. The van der Waals surface area contributed by atoms with Crippen molar-refractivity contribution in [3.05, 3.63) is 12.2 Å². The highest BCUT2D eigenvalue weighted by atomic mass is 16.3. The number of rotatable bonds is 36. The molecular weight excluding hydrogens is 542 g/mol. The lowest BCUT2D eigenvalue weighted by Gasteiger charge is -2.20. The molecule has 0 saturated carbocycles. The van der Waals surface area contributed by atoms with Gasteiger partial charge >= 0.3 is 0 Å². The van der Waals surface area contributed by atoms with Crippen LogP contribution in [0.3, 0.4) is 0 Å². The monoisotopic (exact) mass is 622 g/mol. The number of nitrogens with one attached hydrogen (secondary N) is 1. The summed E-state index contributed by atoms with van der Waals surface area (Å²) in [6, 6.07) is -0.614. The third kappa shape index (κ3) is 32.5. The standard InChI is InChI=1S/C40H79NO3/c1-3-5-7-9-11-13-15-16-17-18-19-20-21-22-23-24-26-28-30-32-34-36-40(44)41-38(37-42)39(43)35-33-31-29-27-25-14-12-10-8-6-4-2/h33,35,38-39,42-43H,3-32,34,36-37H2,1-2H3,(H,41,44). The van der Waals surface area contributed by atoms with Crippen molar-refractivity contribution >= 4 is 5.91 Å². The maximum Gasteiger partial charge on any atom is 0.220 e. The molecular formula is C40H79NO3. The van der Waals surface area contributed by atoms with E-state index in [1.54, 1.807) is 6.08 Å². The Labute approximate surface area is 276 Å². The summed E-state index contributed by atoms with van der Waals surface area (Å²) in [7, 11) is 0. The molecule has 0 aromatic carbocycles. The van der Waals surface area contributed by atoms with Crippen LogP contribution in [0.2, 0.25) is 0 Å². The second-order valence-electron chi connectivity index (χ2n) is 13.7. The maximum atomic E-state index is 12.3. The van der Waals surface area contributed by atoms with Gasteiger partial charge in [-0.15, -0.1) is 0 Å². The van der Waals surface area contributed by atoms with E-state index in [1.165, 1.54) is 173 Å². The predicted molar refractivity (Wildman–Crippen MR) is 193 cm³/mol. The van der Waals surface area contributed by atoms with Gasteiger partial charge in [0, 0.05) is 6.42 Å². The van der Waals surface area contributed by atoms with Crippen molar-refractivity contribution < 1.29 is 15.0 Å². The first-order valence-electron chi connectivity index (χ1n) is 19.9. The van der Waals surface area contributed by atoms with Gasteiger partial charge < -0.3 is 15.5 Å². The third-order valence-electron chi connectivity index (χ3n) is 9.27. The lowest BCUT2D eigenvalue weighted by atomic mass is 10.0. The first kappa shape index (κ1) is 43.1. The molecule has 44 heavy (non-hydrogen) atoms. The van der Waals surface area contributed by atoms with Crippen molar-refractivity contribution in [2.24, 2.45) is 0 Å². The fraction of sp³-hybridized carbons (Fsp3) is 0.925. The van der Waals surface area contributed by atoms with Gasteiger partial charge in [-0.3, -0.25) is 4.79 Å². The van der Waals surface area contributed by atoms with E-state index in [-0.39, 0.29) is 12.5 Å². The minimum absolute atomic E-state index is 0.0618. The smallest absolute Gasteiger partial charge is 0.220 e. The van der Waals surface area contributed by atoms with Crippen LogP contribution in [0.5, 0.6) is 0 Å². The molecule has 4 nitrogen and oxygen atoms in total. The lowest BCUT2D eigenvalue weighted by Crippen LogP contribution is -2.45. The summed E-state index contributed by atoms with van der Waals surface area (Å²) >= 11 is 0. The molecule has 0 rings (SSSR count). The number of amides is 1. The van der Waals surface area contributed by atoms with Crippen molar-refractivity contribution in [2.45, 2.75) is 231 Å². The van der Waals surface area contributed by atoms with Gasteiger partial charge in [0.15, 0.2) is 0 Å². The highest BCUT2D eigenvalue weighted by molar-refractivity contribution is 5.76. The summed E-state index contributed by atoms with van der Waals surface area (Å²) in [5.74, 6) is -0.0618. The van der Waals surface area contributed by atoms with Crippen LogP contribution in [0.25, 0.3) is 0 Å². The largest absolute Gasteiger partial charge is 0.394 e. The van der Waals surface area contributed by atoms with Crippen LogP contribution in [-0.2, 0) is 4.79 Å². The molecule has 2 unspecified atom stereocenters. The zero-order valence-corrected chi connectivity index (χ0v) is 29.9. The molecule has 0 radical (unpaired) electrons. The minimum atomic E-state index is -0.831. The van der Waals surface area contributed by atoms with Crippen LogP contribution in [0.15, 0.2) is 12.2 Å². The summed E-state index contributed by atoms with van der Waals surface area (Å²) < 4.78 is 0. The van der Waals surface area contributed by atoms with Crippen molar-refractivity contribution in [1.29, 1.82) is 0 Å². The number of hydrogen-bond acceptors (Lipinski definition) is 3. The maximum absolute atomic E-state index is 12.3. The molecule has 3 N–H and O–H groups in total. The Kier molecular flexibility index (Phi) is 35.9. The Bertz CT molecular complexity index is 593. The van der Waals surface area contributed by atoms with Crippen LogP contribution in [-0.4, -0.2) is 34.9 Å². The normalized spacial score (nSPS) is 13.1. The van der Waals surface area contributed by atoms with Crippen LogP contribution in [0.1, 0.15) is 219 Å². The van der Waals surface area contributed by atoms with E-state index in [0.717, 1.165) is 25.7 Å². The summed E-state index contributed by atoms with van der Waals surface area (Å²) in [6.45, 7) is 4.30. The Morgan fingerprint density at radius 3 is 1.18 bits per heavy atom. The van der Waals surface area contributed by atoms with E-state index in [9.17, 15) is 15.0 Å². The zero-order chi connectivity index (χ0) is 32.2. The van der Waals surface area contributed by atoms with Crippen LogP contribution < -0.4 is 5.32 Å².